The van der Waals surface area contributed by atoms with E-state index in [0.29, 0.717) is 63.2 Å². The third-order valence-electron chi connectivity index (χ3n) is 10.4. The van der Waals surface area contributed by atoms with Crippen LogP contribution >= 0.6 is 0 Å². The molecule has 0 spiro atoms. The van der Waals surface area contributed by atoms with Crippen LogP contribution in [0.5, 0.6) is 17.2 Å². The highest BCUT2D eigenvalue weighted by atomic mass is 16.5. The second-order valence-electron chi connectivity index (χ2n) is 15.8. The van der Waals surface area contributed by atoms with Gasteiger partial charge >= 0.3 is 0 Å². The summed E-state index contributed by atoms with van der Waals surface area (Å²) in [6.45, 7) is 8.94. The van der Waals surface area contributed by atoms with Gasteiger partial charge in [0.1, 0.15) is 36.5 Å². The van der Waals surface area contributed by atoms with Crippen LogP contribution in [0.2, 0.25) is 0 Å². The Kier molecular flexibility index (Phi) is 17.8. The van der Waals surface area contributed by atoms with Crippen molar-refractivity contribution in [2.45, 2.75) is 78.3 Å². The SMILES string of the molecule is Cc1cc(OCC(C)C)ccc1C(=O)C[C@@H](CCN)C(=O)N(C)[C@@H]1C(=O)C[C@@H](C)C(=O)N[C@H](C(=O)CCC#N)Cc2ccc(OCCN)c(c2)-c2cc1ccc2OCCN. The van der Waals surface area contributed by atoms with Gasteiger partial charge in [0.2, 0.25) is 11.8 Å². The van der Waals surface area contributed by atoms with E-state index in [2.05, 4.69) is 5.32 Å². The fourth-order valence-corrected chi connectivity index (χ4v) is 7.28. The molecule has 0 fully saturated rings. The summed E-state index contributed by atoms with van der Waals surface area (Å²) in [5, 5.41) is 12.0. The highest BCUT2D eigenvalue weighted by molar-refractivity contribution is 6.01. The number of likely N-dealkylation sites (N-methyl/N-ethyl adjacent to an activating group) is 1. The molecule has 3 aromatic rings. The van der Waals surface area contributed by atoms with Crippen LogP contribution in [0.4, 0.5) is 0 Å². The summed E-state index contributed by atoms with van der Waals surface area (Å²) in [7, 11) is 1.51. The third-order valence-corrected chi connectivity index (χ3v) is 10.4. The Bertz CT molecular complexity index is 2040. The molecule has 14 nitrogen and oxygen atoms in total. The molecule has 4 atom stereocenters. The Hall–Kier alpha value is -5.62. The zero-order valence-corrected chi connectivity index (χ0v) is 35.5. The monoisotopic (exact) mass is 824 g/mol. The lowest BCUT2D eigenvalue weighted by atomic mass is 9.88. The number of fused-ring (bicyclic) bond motifs is 5. The minimum atomic E-state index is -1.21. The van der Waals surface area contributed by atoms with Crippen LogP contribution in [0.15, 0.2) is 54.6 Å². The van der Waals surface area contributed by atoms with Gasteiger partial charge in [-0.05, 0) is 91.4 Å². The van der Waals surface area contributed by atoms with E-state index in [1.54, 1.807) is 55.5 Å². The molecule has 0 saturated carbocycles. The average Bonchev–Trinajstić information content (AvgIpc) is 3.22. The molecule has 0 aromatic heterocycles. The summed E-state index contributed by atoms with van der Waals surface area (Å²) in [5.74, 6) is -1.95. The van der Waals surface area contributed by atoms with Crippen molar-refractivity contribution in [1.82, 2.24) is 10.2 Å². The van der Waals surface area contributed by atoms with Gasteiger partial charge < -0.3 is 41.6 Å². The van der Waals surface area contributed by atoms with Gasteiger partial charge in [0.15, 0.2) is 17.3 Å². The molecule has 1 aliphatic rings. The van der Waals surface area contributed by atoms with E-state index in [-0.39, 0.29) is 82.9 Å². The largest absolute Gasteiger partial charge is 0.493 e. The van der Waals surface area contributed by atoms with E-state index in [9.17, 15) is 29.2 Å². The molecule has 60 heavy (non-hydrogen) atoms. The van der Waals surface area contributed by atoms with Gasteiger partial charge in [0.25, 0.3) is 0 Å². The Balaban J connectivity index is 1.83. The van der Waals surface area contributed by atoms with E-state index in [4.69, 9.17) is 31.4 Å². The first-order chi connectivity index (χ1) is 28.7. The Labute approximate surface area is 353 Å². The maximum Gasteiger partial charge on any atom is 0.226 e. The summed E-state index contributed by atoms with van der Waals surface area (Å²) in [6.07, 6.45) is -0.248. The number of nitriles is 1. The summed E-state index contributed by atoms with van der Waals surface area (Å²) in [6, 6.07) is 15.5. The van der Waals surface area contributed by atoms with Crippen LogP contribution < -0.4 is 36.7 Å². The molecule has 0 radical (unpaired) electrons. The average molecular weight is 825 g/mol. The number of Topliss-reactive ketones (excluding diaryl/α,β-unsaturated/α-hetero) is 3. The van der Waals surface area contributed by atoms with E-state index in [0.717, 1.165) is 0 Å². The van der Waals surface area contributed by atoms with Crippen molar-refractivity contribution < 1.29 is 38.2 Å². The van der Waals surface area contributed by atoms with E-state index >= 15 is 0 Å². The van der Waals surface area contributed by atoms with Gasteiger partial charge in [0.05, 0.1) is 18.7 Å². The number of ketones is 3. The number of nitrogens with zero attached hydrogens (tertiary/aromatic N) is 2. The maximum absolute atomic E-state index is 14.6. The van der Waals surface area contributed by atoms with E-state index < -0.39 is 41.5 Å². The van der Waals surface area contributed by atoms with Crippen LogP contribution in [0.3, 0.4) is 0 Å². The first-order valence-electron chi connectivity index (χ1n) is 20.6. The van der Waals surface area contributed by atoms with Gasteiger partial charge in [-0.1, -0.05) is 32.9 Å². The van der Waals surface area contributed by atoms with Gasteiger partial charge in [-0.2, -0.15) is 5.26 Å². The lowest BCUT2D eigenvalue weighted by molar-refractivity contribution is -0.142. The van der Waals surface area contributed by atoms with E-state index in [1.165, 1.54) is 11.9 Å². The van der Waals surface area contributed by atoms with Crippen LogP contribution in [0, 0.1) is 36.0 Å². The Morgan fingerprint density at radius 3 is 2.18 bits per heavy atom. The molecule has 322 valence electrons. The van der Waals surface area contributed by atoms with Crippen LogP contribution in [-0.4, -0.2) is 86.6 Å². The van der Waals surface area contributed by atoms with Crippen LogP contribution in [0.25, 0.3) is 11.1 Å². The van der Waals surface area contributed by atoms with Gasteiger partial charge in [-0.3, -0.25) is 24.0 Å². The standard InChI is InChI=1S/C46H60N6O8/c1-28(2)27-60-34-10-11-35(29(3)21-34)40(54)26-33(14-16-48)46(57)52(5)44-32-9-13-43(59-20-18-50)37(25-32)36-23-31(8-12-42(36)58-19-17-49)24-38(39(53)7-6-15-47)51-45(56)30(4)22-41(44)55/h8-13,21,23,25,28,30,33,38,44H,6-7,14,16-20,22,24,26-27,48-50H2,1-5H3,(H,51,56)/t30-,33-,38+,44+/m1/s1. The van der Waals surface area contributed by atoms with Gasteiger partial charge in [0, 0.05) is 74.3 Å². The molecule has 4 bridgehead atoms. The molecule has 1 heterocycles. The Morgan fingerprint density at radius 2 is 1.57 bits per heavy atom. The van der Waals surface area contributed by atoms with Gasteiger partial charge in [-0.15, -0.1) is 0 Å². The maximum atomic E-state index is 14.6. The summed E-state index contributed by atoms with van der Waals surface area (Å²) >= 11 is 0. The second-order valence-corrected chi connectivity index (χ2v) is 15.8. The molecule has 0 saturated heterocycles. The molecule has 14 heteroatoms. The zero-order chi connectivity index (χ0) is 43.9. The molecule has 2 amide bonds. The Morgan fingerprint density at radius 1 is 0.900 bits per heavy atom. The third kappa shape index (κ3) is 12.5. The summed E-state index contributed by atoms with van der Waals surface area (Å²) in [5.41, 5.74) is 21.0. The number of hydrogen-bond acceptors (Lipinski definition) is 12. The fourth-order valence-electron chi connectivity index (χ4n) is 7.28. The van der Waals surface area contributed by atoms with Crippen molar-refractivity contribution in [3.8, 4) is 34.4 Å². The first-order valence-corrected chi connectivity index (χ1v) is 20.6. The highest BCUT2D eigenvalue weighted by Crippen LogP contribution is 2.41. The van der Waals surface area contributed by atoms with Crippen LogP contribution in [0.1, 0.15) is 86.0 Å². The highest BCUT2D eigenvalue weighted by Gasteiger charge is 2.36. The molecular formula is C46H60N6O8. The minimum Gasteiger partial charge on any atom is -0.493 e. The summed E-state index contributed by atoms with van der Waals surface area (Å²) in [4.78, 5) is 71.6. The number of hydrogen-bond donors (Lipinski definition) is 4. The molecule has 4 rings (SSSR count). The van der Waals surface area contributed by atoms with Crippen molar-refractivity contribution >= 4 is 29.2 Å². The van der Waals surface area contributed by atoms with E-state index in [1.807, 2.05) is 32.9 Å². The van der Waals surface area contributed by atoms with Crippen molar-refractivity contribution in [2.24, 2.45) is 35.0 Å². The number of amides is 2. The van der Waals surface area contributed by atoms with Crippen LogP contribution in [-0.2, 0) is 25.6 Å². The van der Waals surface area contributed by atoms with Crippen molar-refractivity contribution in [2.75, 3.05) is 46.5 Å². The number of nitrogens with one attached hydrogen (secondary N) is 1. The molecule has 3 aromatic carbocycles. The molecule has 0 unspecified atom stereocenters. The normalized spacial score (nSPS) is 17.2. The van der Waals surface area contributed by atoms with Crippen molar-refractivity contribution in [3.63, 3.8) is 0 Å². The number of ether oxygens (including phenoxy) is 3. The predicted molar refractivity (Wildman–Crippen MR) is 228 cm³/mol. The number of aryl methyl sites for hydroxylation is 1. The molecular weight excluding hydrogens is 765 g/mol. The number of carbonyl (C=O) groups excluding carboxylic acids is 5. The number of carbonyl (C=O) groups is 5. The lowest BCUT2D eigenvalue weighted by Crippen LogP contribution is -2.46. The molecule has 7 N–H and O–H groups in total. The molecule has 0 aliphatic carbocycles. The number of benzene rings is 3. The quantitative estimate of drug-likeness (QED) is 0.121. The topological polar surface area (TPSA) is 230 Å². The van der Waals surface area contributed by atoms with Crippen molar-refractivity contribution in [3.05, 3.63) is 76.9 Å². The lowest BCUT2D eigenvalue weighted by Gasteiger charge is -2.32. The minimum absolute atomic E-state index is 0.0247. The first kappa shape index (κ1) is 47.1. The number of nitrogens with two attached hydrogens (primary N) is 3. The fraction of sp³-hybridized carbons (Fsp3) is 0.478. The summed E-state index contributed by atoms with van der Waals surface area (Å²) < 4.78 is 18.1. The predicted octanol–water partition coefficient (Wildman–Crippen LogP) is 4.62. The second kappa shape index (κ2) is 22.7. The smallest absolute Gasteiger partial charge is 0.226 e. The van der Waals surface area contributed by atoms with Gasteiger partial charge in [-0.25, -0.2) is 0 Å². The number of rotatable bonds is 19. The zero-order valence-electron chi connectivity index (χ0n) is 35.5. The molecule has 1 aliphatic heterocycles. The van der Waals surface area contributed by atoms with Crippen molar-refractivity contribution in [1.29, 1.82) is 5.26 Å².